The summed E-state index contributed by atoms with van der Waals surface area (Å²) in [6.07, 6.45) is 0. The van der Waals surface area contributed by atoms with Crippen LogP contribution < -0.4 is 5.32 Å². The van der Waals surface area contributed by atoms with Crippen molar-refractivity contribution in [3.63, 3.8) is 0 Å². The van der Waals surface area contributed by atoms with Crippen molar-refractivity contribution < 1.29 is 0 Å². The van der Waals surface area contributed by atoms with Crippen LogP contribution >= 0.6 is 27.3 Å². The Hall–Kier alpha value is -0.640. The molecule has 2 aromatic rings. The summed E-state index contributed by atoms with van der Waals surface area (Å²) in [5.41, 5.74) is 3.94. The summed E-state index contributed by atoms with van der Waals surface area (Å²) in [6, 6.07) is 8.93. The van der Waals surface area contributed by atoms with Crippen LogP contribution in [0.25, 0.3) is 0 Å². The van der Waals surface area contributed by atoms with E-state index in [1.54, 1.807) is 0 Å². The molecule has 1 nitrogen and oxygen atoms in total. The normalized spacial score (nSPS) is 12.7. The lowest BCUT2D eigenvalue weighted by Crippen LogP contribution is -2.18. The van der Waals surface area contributed by atoms with Crippen molar-refractivity contribution >= 4 is 27.3 Å². The zero-order chi connectivity index (χ0) is 12.4. The fourth-order valence-electron chi connectivity index (χ4n) is 1.99. The molecule has 17 heavy (non-hydrogen) atoms. The minimum Gasteiger partial charge on any atom is -0.309 e. The number of rotatable bonds is 3. The first-order chi connectivity index (χ1) is 8.13. The van der Waals surface area contributed by atoms with Crippen LogP contribution in [-0.4, -0.2) is 7.05 Å². The highest BCUT2D eigenvalue weighted by molar-refractivity contribution is 9.10. The summed E-state index contributed by atoms with van der Waals surface area (Å²) in [4.78, 5) is 1.39. The fraction of sp³-hybridized carbons (Fsp3) is 0.286. The summed E-state index contributed by atoms with van der Waals surface area (Å²) in [5, 5.41) is 5.56. The molecule has 3 heteroatoms. The van der Waals surface area contributed by atoms with E-state index in [0.29, 0.717) is 0 Å². The van der Waals surface area contributed by atoms with Crippen LogP contribution in [0.4, 0.5) is 0 Å². The largest absolute Gasteiger partial charge is 0.309 e. The summed E-state index contributed by atoms with van der Waals surface area (Å²) >= 11 is 5.45. The predicted octanol–water partition coefficient (Wildman–Crippen LogP) is 4.44. The van der Waals surface area contributed by atoms with Crippen molar-refractivity contribution in [3.8, 4) is 0 Å². The Morgan fingerprint density at radius 3 is 2.59 bits per heavy atom. The smallest absolute Gasteiger partial charge is 0.0682 e. The van der Waals surface area contributed by atoms with Crippen LogP contribution in [0.5, 0.6) is 0 Å². The summed E-state index contributed by atoms with van der Waals surface area (Å²) < 4.78 is 1.16. The van der Waals surface area contributed by atoms with Crippen molar-refractivity contribution in [2.75, 3.05) is 7.05 Å². The molecule has 0 radical (unpaired) electrons. The van der Waals surface area contributed by atoms with Crippen molar-refractivity contribution in [1.29, 1.82) is 0 Å². The Bertz CT molecular complexity index is 519. The van der Waals surface area contributed by atoms with Gasteiger partial charge in [0, 0.05) is 9.35 Å². The number of nitrogens with one attached hydrogen (secondary N) is 1. The number of hydrogen-bond acceptors (Lipinski definition) is 2. The molecule has 1 aromatic heterocycles. The van der Waals surface area contributed by atoms with E-state index in [1.165, 1.54) is 21.6 Å². The summed E-state index contributed by atoms with van der Waals surface area (Å²) in [5.74, 6) is 0. The van der Waals surface area contributed by atoms with Gasteiger partial charge < -0.3 is 5.32 Å². The number of aryl methyl sites for hydroxylation is 2. The van der Waals surface area contributed by atoms with Gasteiger partial charge in [-0.05, 0) is 49.5 Å². The third-order valence-corrected chi connectivity index (χ3v) is 4.72. The van der Waals surface area contributed by atoms with Gasteiger partial charge in [0.1, 0.15) is 0 Å². The van der Waals surface area contributed by atoms with Gasteiger partial charge in [-0.3, -0.25) is 0 Å². The molecule has 0 bridgehead atoms. The predicted molar refractivity (Wildman–Crippen MR) is 78.8 cm³/mol. The first-order valence-corrected chi connectivity index (χ1v) is 7.28. The molecule has 0 fully saturated rings. The Morgan fingerprint density at radius 1 is 1.24 bits per heavy atom. The number of thiophene rings is 1. The van der Waals surface area contributed by atoms with Crippen LogP contribution in [0.3, 0.4) is 0 Å². The maximum absolute atomic E-state index is 3.65. The molecular weight excluding hydrogens is 294 g/mol. The third kappa shape index (κ3) is 2.62. The zero-order valence-corrected chi connectivity index (χ0v) is 12.7. The van der Waals surface area contributed by atoms with E-state index in [4.69, 9.17) is 0 Å². The van der Waals surface area contributed by atoms with Gasteiger partial charge in [0.15, 0.2) is 0 Å². The maximum atomic E-state index is 3.65. The van der Waals surface area contributed by atoms with Crippen molar-refractivity contribution in [2.24, 2.45) is 0 Å². The average Bonchev–Trinajstić information content (AvgIpc) is 2.71. The minimum atomic E-state index is 0.268. The van der Waals surface area contributed by atoms with E-state index >= 15 is 0 Å². The molecule has 0 spiro atoms. The van der Waals surface area contributed by atoms with Gasteiger partial charge in [0.25, 0.3) is 0 Å². The topological polar surface area (TPSA) is 12.0 Å². The average molecular weight is 310 g/mol. The lowest BCUT2D eigenvalue weighted by molar-refractivity contribution is 0.697. The van der Waals surface area contributed by atoms with E-state index in [9.17, 15) is 0 Å². The van der Waals surface area contributed by atoms with Crippen LogP contribution in [0, 0.1) is 13.8 Å². The molecule has 0 aliphatic heterocycles. The van der Waals surface area contributed by atoms with Gasteiger partial charge >= 0.3 is 0 Å². The maximum Gasteiger partial charge on any atom is 0.0682 e. The molecule has 0 amide bonds. The molecule has 90 valence electrons. The first kappa shape index (κ1) is 12.8. The van der Waals surface area contributed by atoms with Crippen LogP contribution in [0.1, 0.15) is 27.6 Å². The van der Waals surface area contributed by atoms with E-state index < -0.39 is 0 Å². The molecule has 1 N–H and O–H groups in total. The first-order valence-electron chi connectivity index (χ1n) is 5.60. The second-order valence-electron chi connectivity index (χ2n) is 4.21. The standard InChI is InChI=1S/C14H16BrNS/c1-9-4-5-12(15)11(8-9)13(16-3)14-10(2)6-7-17-14/h4-8,13,16H,1-3H3. The Balaban J connectivity index is 2.49. The monoisotopic (exact) mass is 309 g/mol. The molecule has 1 heterocycles. The van der Waals surface area contributed by atoms with Crippen LogP contribution in [0.15, 0.2) is 34.1 Å². The molecule has 1 unspecified atom stereocenters. The molecule has 2 rings (SSSR count). The summed E-state index contributed by atoms with van der Waals surface area (Å²) in [6.45, 7) is 4.30. The van der Waals surface area contributed by atoms with Gasteiger partial charge in [-0.25, -0.2) is 0 Å². The molecule has 1 aromatic carbocycles. The van der Waals surface area contributed by atoms with E-state index in [1.807, 2.05) is 18.4 Å². The second-order valence-corrected chi connectivity index (χ2v) is 6.02. The van der Waals surface area contributed by atoms with Gasteiger partial charge in [-0.1, -0.05) is 33.6 Å². The number of hydrogen-bond donors (Lipinski definition) is 1. The van der Waals surface area contributed by atoms with Crippen molar-refractivity contribution in [3.05, 3.63) is 55.7 Å². The van der Waals surface area contributed by atoms with Crippen LogP contribution in [0.2, 0.25) is 0 Å². The van der Waals surface area contributed by atoms with Gasteiger partial charge in [-0.15, -0.1) is 11.3 Å². The zero-order valence-electron chi connectivity index (χ0n) is 10.3. The van der Waals surface area contributed by atoms with Crippen LogP contribution in [-0.2, 0) is 0 Å². The SMILES string of the molecule is CNC(c1cc(C)ccc1Br)c1sccc1C. The lowest BCUT2D eigenvalue weighted by atomic mass is 10.0. The highest BCUT2D eigenvalue weighted by Crippen LogP contribution is 2.33. The van der Waals surface area contributed by atoms with E-state index in [-0.39, 0.29) is 6.04 Å². The summed E-state index contributed by atoms with van der Waals surface area (Å²) in [7, 11) is 2.01. The minimum absolute atomic E-state index is 0.268. The number of halogens is 1. The third-order valence-electron chi connectivity index (χ3n) is 2.92. The number of benzene rings is 1. The quantitative estimate of drug-likeness (QED) is 0.884. The molecule has 1 atom stereocenters. The van der Waals surface area contributed by atoms with Gasteiger partial charge in [-0.2, -0.15) is 0 Å². The highest BCUT2D eigenvalue weighted by Gasteiger charge is 2.17. The van der Waals surface area contributed by atoms with E-state index in [0.717, 1.165) is 4.47 Å². The second kappa shape index (κ2) is 5.34. The fourth-order valence-corrected chi connectivity index (χ4v) is 3.52. The lowest BCUT2D eigenvalue weighted by Gasteiger charge is -2.18. The van der Waals surface area contributed by atoms with Crippen molar-refractivity contribution in [1.82, 2.24) is 5.32 Å². The molecule has 0 aliphatic rings. The van der Waals surface area contributed by atoms with E-state index in [2.05, 4.69) is 64.7 Å². The molecule has 0 saturated heterocycles. The molecular formula is C14H16BrNS. The Morgan fingerprint density at radius 2 is 2.00 bits per heavy atom. The highest BCUT2D eigenvalue weighted by atomic mass is 79.9. The van der Waals surface area contributed by atoms with Crippen molar-refractivity contribution in [2.45, 2.75) is 19.9 Å². The Labute approximate surface area is 115 Å². The molecule has 0 saturated carbocycles. The Kier molecular flexibility index (Phi) is 4.02. The van der Waals surface area contributed by atoms with Gasteiger partial charge in [0.2, 0.25) is 0 Å². The molecule has 0 aliphatic carbocycles. The van der Waals surface area contributed by atoms with Gasteiger partial charge in [0.05, 0.1) is 6.04 Å².